The van der Waals surface area contributed by atoms with Crippen molar-refractivity contribution in [1.29, 1.82) is 0 Å². The zero-order valence-electron chi connectivity index (χ0n) is 12.5. The molecule has 2 N–H and O–H groups in total. The Morgan fingerprint density at radius 2 is 1.77 bits per heavy atom. The van der Waals surface area contributed by atoms with Gasteiger partial charge >= 0.3 is 0 Å². The fourth-order valence-electron chi connectivity index (χ4n) is 2.11. The molecule has 1 atom stereocenters. The second-order valence-electron chi connectivity index (χ2n) is 5.28. The highest BCUT2D eigenvalue weighted by Crippen LogP contribution is 2.12. The third-order valence-corrected chi connectivity index (χ3v) is 4.04. The summed E-state index contributed by atoms with van der Waals surface area (Å²) in [5.74, 6) is -0.0785. The molecule has 0 saturated heterocycles. The van der Waals surface area contributed by atoms with E-state index in [4.69, 9.17) is 0 Å². The Kier molecular flexibility index (Phi) is 6.15. The van der Waals surface area contributed by atoms with Gasteiger partial charge in [-0.05, 0) is 29.5 Å². The van der Waals surface area contributed by atoms with E-state index in [1.807, 2.05) is 54.8 Å². The topological polar surface area (TPSA) is 58.2 Å². The van der Waals surface area contributed by atoms with E-state index in [1.54, 1.807) is 11.3 Å². The van der Waals surface area contributed by atoms with Gasteiger partial charge in [0.15, 0.2) is 0 Å². The molecule has 5 heteroatoms. The van der Waals surface area contributed by atoms with Crippen molar-refractivity contribution in [3.05, 3.63) is 52.7 Å². The van der Waals surface area contributed by atoms with Crippen LogP contribution in [0.25, 0.3) is 0 Å². The van der Waals surface area contributed by atoms with Crippen LogP contribution in [-0.4, -0.2) is 11.8 Å². The molecule has 0 aliphatic carbocycles. The predicted octanol–water partition coefficient (Wildman–Crippen LogP) is 3.42. The summed E-state index contributed by atoms with van der Waals surface area (Å²) in [5, 5.41) is 7.69. The molecule has 1 heterocycles. The van der Waals surface area contributed by atoms with E-state index in [0.717, 1.165) is 10.6 Å². The van der Waals surface area contributed by atoms with Gasteiger partial charge in [-0.3, -0.25) is 9.59 Å². The number of thiophene rings is 1. The first-order valence-corrected chi connectivity index (χ1v) is 8.15. The number of nitrogens with one attached hydrogen (secondary N) is 2. The van der Waals surface area contributed by atoms with Crippen LogP contribution in [0, 0.1) is 5.92 Å². The van der Waals surface area contributed by atoms with Crippen molar-refractivity contribution >= 4 is 28.8 Å². The van der Waals surface area contributed by atoms with Gasteiger partial charge in [0.2, 0.25) is 11.8 Å². The van der Waals surface area contributed by atoms with E-state index in [9.17, 15) is 9.59 Å². The summed E-state index contributed by atoms with van der Waals surface area (Å²) in [6, 6.07) is 13.3. The average Bonchev–Trinajstić information content (AvgIpc) is 2.99. The summed E-state index contributed by atoms with van der Waals surface area (Å²) in [4.78, 5) is 24.9. The molecule has 0 unspecified atom stereocenters. The number of carbonyl (C=O) groups is 2. The Morgan fingerprint density at radius 3 is 2.45 bits per heavy atom. The second-order valence-corrected chi connectivity index (χ2v) is 6.32. The first-order chi connectivity index (χ1) is 10.6. The minimum atomic E-state index is -0.0650. The van der Waals surface area contributed by atoms with Crippen molar-refractivity contribution in [3.8, 4) is 0 Å². The van der Waals surface area contributed by atoms with E-state index in [-0.39, 0.29) is 17.7 Å². The fraction of sp³-hybridized carbons (Fsp3) is 0.294. The molecule has 0 radical (unpaired) electrons. The molecule has 116 valence electrons. The smallest absolute Gasteiger partial charge is 0.224 e. The largest absolute Gasteiger partial charge is 0.351 e. The van der Waals surface area contributed by atoms with Crippen LogP contribution in [0.1, 0.15) is 24.6 Å². The van der Waals surface area contributed by atoms with Crippen molar-refractivity contribution in [1.82, 2.24) is 5.32 Å². The van der Waals surface area contributed by atoms with Gasteiger partial charge in [-0.1, -0.05) is 31.2 Å². The third kappa shape index (κ3) is 5.69. The second kappa shape index (κ2) is 8.34. The highest BCUT2D eigenvalue weighted by molar-refractivity contribution is 7.09. The summed E-state index contributed by atoms with van der Waals surface area (Å²) in [5.41, 5.74) is 0.779. The fourth-order valence-corrected chi connectivity index (χ4v) is 2.75. The van der Waals surface area contributed by atoms with Crippen molar-refractivity contribution in [2.45, 2.75) is 26.3 Å². The molecule has 4 nitrogen and oxygen atoms in total. The number of hydrogen-bond donors (Lipinski definition) is 2. The van der Waals surface area contributed by atoms with Gasteiger partial charge in [0.25, 0.3) is 0 Å². The first kappa shape index (κ1) is 16.2. The Hall–Kier alpha value is -2.14. The van der Waals surface area contributed by atoms with Crippen LogP contribution >= 0.6 is 11.3 Å². The molecule has 1 aromatic carbocycles. The minimum Gasteiger partial charge on any atom is -0.351 e. The molecule has 2 amide bonds. The first-order valence-electron chi connectivity index (χ1n) is 7.27. The van der Waals surface area contributed by atoms with Gasteiger partial charge in [0.1, 0.15) is 0 Å². The van der Waals surface area contributed by atoms with Crippen molar-refractivity contribution in [2.75, 3.05) is 5.32 Å². The number of rotatable bonds is 7. The lowest BCUT2D eigenvalue weighted by Crippen LogP contribution is -2.25. The summed E-state index contributed by atoms with van der Waals surface area (Å²) >= 11 is 1.62. The van der Waals surface area contributed by atoms with Gasteiger partial charge in [0, 0.05) is 23.4 Å². The highest BCUT2D eigenvalue weighted by atomic mass is 32.1. The summed E-state index contributed by atoms with van der Waals surface area (Å²) < 4.78 is 0. The van der Waals surface area contributed by atoms with E-state index in [0.29, 0.717) is 19.4 Å². The maximum absolute atomic E-state index is 11.9. The molecule has 0 aliphatic heterocycles. The number of anilines is 1. The summed E-state index contributed by atoms with van der Waals surface area (Å²) in [6.07, 6.45) is 0.689. The van der Waals surface area contributed by atoms with Crippen molar-refractivity contribution in [3.63, 3.8) is 0 Å². The van der Waals surface area contributed by atoms with E-state index in [2.05, 4.69) is 10.6 Å². The Bertz CT molecular complexity index is 596. The van der Waals surface area contributed by atoms with E-state index >= 15 is 0 Å². The molecular weight excluding hydrogens is 296 g/mol. The quantitative estimate of drug-likeness (QED) is 0.822. The van der Waals surface area contributed by atoms with Crippen LogP contribution in [-0.2, 0) is 16.1 Å². The molecule has 1 aromatic heterocycles. The molecule has 0 fully saturated rings. The van der Waals surface area contributed by atoms with Crippen LogP contribution < -0.4 is 10.6 Å². The molecule has 0 aliphatic rings. The predicted molar refractivity (Wildman–Crippen MR) is 89.6 cm³/mol. The third-order valence-electron chi connectivity index (χ3n) is 3.17. The van der Waals surface area contributed by atoms with Gasteiger partial charge in [0.05, 0.1) is 6.54 Å². The van der Waals surface area contributed by atoms with E-state index < -0.39 is 0 Å². The number of para-hydroxylation sites is 1. The maximum Gasteiger partial charge on any atom is 0.224 e. The lowest BCUT2D eigenvalue weighted by Gasteiger charge is -2.11. The van der Waals surface area contributed by atoms with Crippen LogP contribution in [0.3, 0.4) is 0 Å². The van der Waals surface area contributed by atoms with Crippen LogP contribution in [0.4, 0.5) is 5.69 Å². The number of amides is 2. The number of carbonyl (C=O) groups excluding carboxylic acids is 2. The van der Waals surface area contributed by atoms with Crippen LogP contribution in [0.5, 0.6) is 0 Å². The maximum atomic E-state index is 11.9. The Labute approximate surface area is 134 Å². The molecule has 0 bridgehead atoms. The standard InChI is InChI=1S/C17H20N2O2S/c1-13(10-16(20)18-12-15-8-5-9-22-15)11-17(21)19-14-6-3-2-4-7-14/h2-9,13H,10-12H2,1H3,(H,18,20)(H,19,21)/t13-/m1/s1. The molecule has 2 rings (SSSR count). The van der Waals surface area contributed by atoms with Gasteiger partial charge < -0.3 is 10.6 Å². The average molecular weight is 316 g/mol. The number of hydrogen-bond acceptors (Lipinski definition) is 3. The normalized spacial score (nSPS) is 11.7. The van der Waals surface area contributed by atoms with Gasteiger partial charge in [-0.2, -0.15) is 0 Å². The Balaban J connectivity index is 1.69. The van der Waals surface area contributed by atoms with Crippen LogP contribution in [0.15, 0.2) is 47.8 Å². The summed E-state index contributed by atoms with van der Waals surface area (Å²) in [7, 11) is 0. The molecule has 0 spiro atoms. The molecule has 2 aromatic rings. The molecule has 22 heavy (non-hydrogen) atoms. The van der Waals surface area contributed by atoms with Crippen molar-refractivity contribution < 1.29 is 9.59 Å². The zero-order valence-corrected chi connectivity index (χ0v) is 13.4. The van der Waals surface area contributed by atoms with Gasteiger partial charge in [-0.25, -0.2) is 0 Å². The highest BCUT2D eigenvalue weighted by Gasteiger charge is 2.13. The molecular formula is C17H20N2O2S. The number of benzene rings is 1. The molecule has 0 saturated carbocycles. The van der Waals surface area contributed by atoms with Crippen molar-refractivity contribution in [2.24, 2.45) is 5.92 Å². The lowest BCUT2D eigenvalue weighted by atomic mass is 10.0. The Morgan fingerprint density at radius 1 is 1.05 bits per heavy atom. The van der Waals surface area contributed by atoms with E-state index in [1.165, 1.54) is 0 Å². The SMILES string of the molecule is C[C@H](CC(=O)NCc1cccs1)CC(=O)Nc1ccccc1. The monoisotopic (exact) mass is 316 g/mol. The van der Waals surface area contributed by atoms with Crippen LogP contribution in [0.2, 0.25) is 0 Å². The minimum absolute atomic E-state index is 0.00653. The van der Waals surface area contributed by atoms with Gasteiger partial charge in [-0.15, -0.1) is 11.3 Å². The zero-order chi connectivity index (χ0) is 15.8. The lowest BCUT2D eigenvalue weighted by molar-refractivity contribution is -0.122. The summed E-state index contributed by atoms with van der Waals surface area (Å²) in [6.45, 7) is 2.47.